The van der Waals surface area contributed by atoms with Crippen LogP contribution in [-0.4, -0.2) is 34.6 Å². The van der Waals surface area contributed by atoms with Crippen molar-refractivity contribution in [2.24, 2.45) is 0 Å². The Balaban J connectivity index is 1.85. The van der Waals surface area contributed by atoms with Crippen LogP contribution < -0.4 is 5.32 Å². The number of nitrogens with zero attached hydrogens (tertiary/aromatic N) is 3. The van der Waals surface area contributed by atoms with Crippen LogP contribution >= 0.6 is 0 Å². The van der Waals surface area contributed by atoms with Crippen LogP contribution in [0, 0.1) is 0 Å². The Morgan fingerprint density at radius 2 is 2.05 bits per heavy atom. The number of methoxy groups -OCH3 is 1. The minimum Gasteiger partial charge on any atom is -0.464 e. The quantitative estimate of drug-likeness (QED) is 0.815. The Labute approximate surface area is 110 Å². The molecule has 6 nitrogen and oxygen atoms in total. The number of esters is 1. The van der Waals surface area contributed by atoms with Crippen molar-refractivity contribution in [3.8, 4) is 0 Å². The Morgan fingerprint density at radius 3 is 2.68 bits per heavy atom. The summed E-state index contributed by atoms with van der Waals surface area (Å²) in [5.41, 5.74) is 1.39. The van der Waals surface area contributed by atoms with Crippen molar-refractivity contribution in [3.05, 3.63) is 48.2 Å². The van der Waals surface area contributed by atoms with Gasteiger partial charge in [-0.1, -0.05) is 0 Å². The molecule has 0 bridgehead atoms. The van der Waals surface area contributed by atoms with E-state index in [2.05, 4.69) is 25.0 Å². The molecule has 0 aliphatic rings. The third-order valence-corrected chi connectivity index (χ3v) is 2.52. The summed E-state index contributed by atoms with van der Waals surface area (Å²) in [6, 6.07) is 3.93. The standard InChI is InChI=1S/C13H14N4O2/c1-19-13(18)11-8-17-12(9-16-11)15-7-4-10-2-5-14-6-3-10/h2-3,5-6,8-9H,4,7H2,1H3,(H,15,17). The second-order valence-electron chi connectivity index (χ2n) is 3.81. The number of rotatable bonds is 5. The lowest BCUT2D eigenvalue weighted by atomic mass is 10.2. The molecule has 0 aliphatic carbocycles. The van der Waals surface area contributed by atoms with Gasteiger partial charge in [-0.25, -0.2) is 14.8 Å². The van der Waals surface area contributed by atoms with Crippen LogP contribution in [-0.2, 0) is 11.2 Å². The first kappa shape index (κ1) is 12.9. The van der Waals surface area contributed by atoms with E-state index >= 15 is 0 Å². The number of nitrogens with one attached hydrogen (secondary N) is 1. The summed E-state index contributed by atoms with van der Waals surface area (Å²) < 4.78 is 4.55. The largest absolute Gasteiger partial charge is 0.464 e. The smallest absolute Gasteiger partial charge is 0.358 e. The van der Waals surface area contributed by atoms with Gasteiger partial charge >= 0.3 is 5.97 Å². The first-order chi connectivity index (χ1) is 9.29. The van der Waals surface area contributed by atoms with E-state index < -0.39 is 5.97 Å². The predicted octanol–water partition coefficient (Wildman–Crippen LogP) is 1.31. The van der Waals surface area contributed by atoms with Crippen LogP contribution in [0.25, 0.3) is 0 Å². The molecule has 2 aromatic heterocycles. The number of pyridine rings is 1. The molecule has 2 heterocycles. The number of aromatic nitrogens is 3. The molecule has 0 fully saturated rings. The van der Waals surface area contributed by atoms with E-state index in [1.54, 1.807) is 12.4 Å². The average Bonchev–Trinajstić information content (AvgIpc) is 2.48. The second kappa shape index (κ2) is 6.44. The molecular weight excluding hydrogens is 244 g/mol. The maximum atomic E-state index is 11.2. The van der Waals surface area contributed by atoms with Crippen molar-refractivity contribution < 1.29 is 9.53 Å². The molecule has 0 radical (unpaired) electrons. The normalized spacial score (nSPS) is 9.95. The van der Waals surface area contributed by atoms with Gasteiger partial charge in [0.15, 0.2) is 5.69 Å². The minimum absolute atomic E-state index is 0.196. The minimum atomic E-state index is -0.490. The molecule has 0 amide bonds. The van der Waals surface area contributed by atoms with Crippen molar-refractivity contribution >= 4 is 11.8 Å². The van der Waals surface area contributed by atoms with Crippen LogP contribution in [0.1, 0.15) is 16.1 Å². The van der Waals surface area contributed by atoms with Crippen LogP contribution in [0.4, 0.5) is 5.82 Å². The fraction of sp³-hybridized carbons (Fsp3) is 0.231. The van der Waals surface area contributed by atoms with E-state index in [0.717, 1.165) is 13.0 Å². The monoisotopic (exact) mass is 258 g/mol. The first-order valence-corrected chi connectivity index (χ1v) is 5.82. The van der Waals surface area contributed by atoms with Crippen molar-refractivity contribution in [3.63, 3.8) is 0 Å². The lowest BCUT2D eigenvalue weighted by Gasteiger charge is -2.05. The Morgan fingerprint density at radius 1 is 1.26 bits per heavy atom. The van der Waals surface area contributed by atoms with Crippen molar-refractivity contribution in [2.75, 3.05) is 19.0 Å². The maximum Gasteiger partial charge on any atom is 0.358 e. The van der Waals surface area contributed by atoms with Gasteiger partial charge in [0.05, 0.1) is 19.5 Å². The second-order valence-corrected chi connectivity index (χ2v) is 3.81. The number of carbonyl (C=O) groups is 1. The van der Waals surface area contributed by atoms with Crippen molar-refractivity contribution in [1.29, 1.82) is 0 Å². The molecule has 98 valence electrons. The van der Waals surface area contributed by atoms with Gasteiger partial charge in [-0.15, -0.1) is 0 Å². The fourth-order valence-corrected chi connectivity index (χ4v) is 1.51. The molecule has 1 N–H and O–H groups in total. The zero-order chi connectivity index (χ0) is 13.5. The summed E-state index contributed by atoms with van der Waals surface area (Å²) in [6.45, 7) is 0.732. The molecule has 2 rings (SSSR count). The number of hydrogen-bond donors (Lipinski definition) is 1. The summed E-state index contributed by atoms with van der Waals surface area (Å²) in [4.78, 5) is 23.2. The van der Waals surface area contributed by atoms with E-state index in [1.165, 1.54) is 25.1 Å². The maximum absolute atomic E-state index is 11.2. The van der Waals surface area contributed by atoms with Crippen LogP contribution in [0.15, 0.2) is 36.9 Å². The fourth-order valence-electron chi connectivity index (χ4n) is 1.51. The number of anilines is 1. The summed E-state index contributed by atoms with van der Waals surface area (Å²) in [6.07, 6.45) is 7.29. The Bertz CT molecular complexity index is 528. The SMILES string of the molecule is COC(=O)c1cnc(NCCc2ccncc2)cn1. The molecule has 6 heteroatoms. The summed E-state index contributed by atoms with van der Waals surface area (Å²) in [5, 5.41) is 3.13. The van der Waals surface area contributed by atoms with Crippen LogP contribution in [0.2, 0.25) is 0 Å². The van der Waals surface area contributed by atoms with E-state index in [1.807, 2.05) is 12.1 Å². The van der Waals surface area contributed by atoms with Crippen molar-refractivity contribution in [2.45, 2.75) is 6.42 Å². The van der Waals surface area contributed by atoms with Gasteiger partial charge in [0.2, 0.25) is 0 Å². The highest BCUT2D eigenvalue weighted by molar-refractivity contribution is 5.86. The van der Waals surface area contributed by atoms with Gasteiger partial charge in [-0.3, -0.25) is 4.98 Å². The van der Waals surface area contributed by atoms with E-state index in [-0.39, 0.29) is 5.69 Å². The summed E-state index contributed by atoms with van der Waals surface area (Å²) in [5.74, 6) is 0.137. The molecule has 0 saturated carbocycles. The third kappa shape index (κ3) is 3.74. The first-order valence-electron chi connectivity index (χ1n) is 5.82. The van der Waals surface area contributed by atoms with Gasteiger partial charge in [0.1, 0.15) is 5.82 Å². The topological polar surface area (TPSA) is 77.0 Å². The zero-order valence-corrected chi connectivity index (χ0v) is 10.5. The molecule has 0 atom stereocenters. The summed E-state index contributed by atoms with van der Waals surface area (Å²) >= 11 is 0. The number of hydrogen-bond acceptors (Lipinski definition) is 6. The predicted molar refractivity (Wildman–Crippen MR) is 69.8 cm³/mol. The highest BCUT2D eigenvalue weighted by Gasteiger charge is 2.06. The van der Waals surface area contributed by atoms with Crippen LogP contribution in [0.5, 0.6) is 0 Å². The third-order valence-electron chi connectivity index (χ3n) is 2.52. The van der Waals surface area contributed by atoms with Gasteiger partial charge < -0.3 is 10.1 Å². The van der Waals surface area contributed by atoms with Crippen LogP contribution in [0.3, 0.4) is 0 Å². The zero-order valence-electron chi connectivity index (χ0n) is 10.5. The van der Waals surface area contributed by atoms with E-state index in [9.17, 15) is 4.79 Å². The molecule has 2 aromatic rings. The molecular formula is C13H14N4O2. The van der Waals surface area contributed by atoms with E-state index in [0.29, 0.717) is 5.82 Å². The molecule has 0 aromatic carbocycles. The highest BCUT2D eigenvalue weighted by atomic mass is 16.5. The molecule has 0 saturated heterocycles. The Kier molecular flexibility index (Phi) is 4.39. The van der Waals surface area contributed by atoms with E-state index in [4.69, 9.17) is 0 Å². The van der Waals surface area contributed by atoms with Gasteiger partial charge in [0.25, 0.3) is 0 Å². The Hall–Kier alpha value is -2.50. The molecule has 0 aliphatic heterocycles. The molecule has 19 heavy (non-hydrogen) atoms. The highest BCUT2D eigenvalue weighted by Crippen LogP contribution is 2.03. The number of carbonyl (C=O) groups excluding carboxylic acids is 1. The van der Waals surface area contributed by atoms with Gasteiger partial charge in [-0.05, 0) is 24.1 Å². The van der Waals surface area contributed by atoms with Gasteiger partial charge in [-0.2, -0.15) is 0 Å². The number of ether oxygens (including phenoxy) is 1. The summed E-state index contributed by atoms with van der Waals surface area (Å²) in [7, 11) is 1.31. The average molecular weight is 258 g/mol. The van der Waals surface area contributed by atoms with Crippen molar-refractivity contribution in [1.82, 2.24) is 15.0 Å². The van der Waals surface area contributed by atoms with Gasteiger partial charge in [0, 0.05) is 18.9 Å². The lowest BCUT2D eigenvalue weighted by Crippen LogP contribution is -2.09. The lowest BCUT2D eigenvalue weighted by molar-refractivity contribution is 0.0593. The molecule has 0 spiro atoms. The molecule has 0 unspecified atom stereocenters.